The van der Waals surface area contributed by atoms with Gasteiger partial charge in [0, 0.05) is 11.3 Å². The lowest BCUT2D eigenvalue weighted by molar-refractivity contribution is -0.139. The minimum absolute atomic E-state index is 0.0294. The molecule has 0 radical (unpaired) electrons. The number of carbonyl (C=O) groups excluding carboxylic acids is 2. The topological polar surface area (TPSA) is 118 Å². The first-order chi connectivity index (χ1) is 17.0. The molecule has 1 aromatic heterocycles. The molecule has 0 saturated carbocycles. The molecule has 0 saturated heterocycles. The number of amides is 2. The Labute approximate surface area is 207 Å². The third-order valence-electron chi connectivity index (χ3n) is 5.96. The number of carbonyl (C=O) groups is 3. The Balaban J connectivity index is 1.29. The normalized spacial score (nSPS) is 12.9. The van der Waals surface area contributed by atoms with Crippen molar-refractivity contribution in [3.8, 4) is 11.1 Å². The van der Waals surface area contributed by atoms with Crippen LogP contribution in [0.4, 0.5) is 4.79 Å². The number of thiazole rings is 1. The predicted molar refractivity (Wildman–Crippen MR) is 132 cm³/mol. The molecule has 9 heteroatoms. The van der Waals surface area contributed by atoms with Crippen molar-refractivity contribution in [3.05, 3.63) is 75.7 Å². The van der Waals surface area contributed by atoms with Crippen molar-refractivity contribution in [2.24, 2.45) is 0 Å². The quantitative estimate of drug-likeness (QED) is 0.381. The van der Waals surface area contributed by atoms with Crippen molar-refractivity contribution in [1.82, 2.24) is 15.6 Å². The van der Waals surface area contributed by atoms with Gasteiger partial charge in [-0.3, -0.25) is 4.79 Å². The van der Waals surface area contributed by atoms with E-state index in [1.54, 1.807) is 5.38 Å². The van der Waals surface area contributed by atoms with Gasteiger partial charge in [0.2, 0.25) is 0 Å². The van der Waals surface area contributed by atoms with E-state index in [0.717, 1.165) is 28.7 Å². The maximum Gasteiger partial charge on any atom is 0.407 e. The average Bonchev–Trinajstić information content (AvgIpc) is 3.47. The van der Waals surface area contributed by atoms with Crippen LogP contribution in [0.3, 0.4) is 0 Å². The van der Waals surface area contributed by atoms with Crippen LogP contribution in [0.1, 0.15) is 58.7 Å². The summed E-state index contributed by atoms with van der Waals surface area (Å²) in [4.78, 5) is 40.3. The van der Waals surface area contributed by atoms with E-state index < -0.39 is 24.0 Å². The van der Waals surface area contributed by atoms with E-state index in [2.05, 4.69) is 39.9 Å². The zero-order valence-electron chi connectivity index (χ0n) is 19.3. The van der Waals surface area contributed by atoms with Crippen molar-refractivity contribution >= 4 is 29.3 Å². The van der Waals surface area contributed by atoms with E-state index >= 15 is 0 Å². The first kappa shape index (κ1) is 24.4. The van der Waals surface area contributed by atoms with E-state index in [0.29, 0.717) is 17.8 Å². The summed E-state index contributed by atoms with van der Waals surface area (Å²) in [6.07, 6.45) is 1.32. The minimum atomic E-state index is -1.07. The van der Waals surface area contributed by atoms with Gasteiger partial charge in [-0.1, -0.05) is 68.3 Å². The van der Waals surface area contributed by atoms with Crippen LogP contribution >= 0.6 is 11.3 Å². The molecular formula is C26H27N3O5S. The Morgan fingerprint density at radius 2 is 1.74 bits per heavy atom. The average molecular weight is 494 g/mol. The number of aromatic nitrogens is 1. The number of carboxylic acids is 1. The number of nitrogens with zero attached hydrogens (tertiary/aromatic N) is 1. The van der Waals surface area contributed by atoms with Crippen LogP contribution in [0.25, 0.3) is 11.1 Å². The van der Waals surface area contributed by atoms with E-state index in [1.165, 1.54) is 11.3 Å². The first-order valence-corrected chi connectivity index (χ1v) is 12.4. The number of alkyl carbamates (subject to hydrolysis) is 1. The third kappa shape index (κ3) is 5.68. The minimum Gasteiger partial charge on any atom is -0.480 e. The van der Waals surface area contributed by atoms with Crippen molar-refractivity contribution in [3.63, 3.8) is 0 Å². The molecule has 1 unspecified atom stereocenters. The molecule has 0 spiro atoms. The van der Waals surface area contributed by atoms with Crippen molar-refractivity contribution < 1.29 is 24.2 Å². The summed E-state index contributed by atoms with van der Waals surface area (Å²) < 4.78 is 5.51. The lowest BCUT2D eigenvalue weighted by Crippen LogP contribution is -2.40. The van der Waals surface area contributed by atoms with Crippen LogP contribution in [-0.2, 0) is 16.1 Å². The van der Waals surface area contributed by atoms with Gasteiger partial charge in [0.1, 0.15) is 23.4 Å². The Morgan fingerprint density at radius 3 is 2.37 bits per heavy atom. The summed E-state index contributed by atoms with van der Waals surface area (Å²) in [5, 5.41) is 16.5. The van der Waals surface area contributed by atoms with Crippen LogP contribution in [0.5, 0.6) is 0 Å². The molecule has 8 nitrogen and oxygen atoms in total. The second-order valence-electron chi connectivity index (χ2n) is 8.31. The zero-order valence-corrected chi connectivity index (χ0v) is 20.1. The Kier molecular flexibility index (Phi) is 7.77. The van der Waals surface area contributed by atoms with Crippen molar-refractivity contribution in [1.29, 1.82) is 0 Å². The lowest BCUT2D eigenvalue weighted by atomic mass is 9.98. The standard InChI is InChI=1S/C26H27N3O5S/c1-2-3-12-21(25(31)32)29-24(30)22-15-35-23(28-22)13-27-26(33)34-14-20-18-10-6-4-8-16(18)17-9-5-7-11-19(17)20/h4-11,15,20-21H,2-3,12-14H2,1H3,(H,27,33)(H,29,30)(H,31,32). The number of rotatable bonds is 10. The molecule has 1 heterocycles. The third-order valence-corrected chi connectivity index (χ3v) is 6.81. The highest BCUT2D eigenvalue weighted by atomic mass is 32.1. The van der Waals surface area contributed by atoms with Crippen molar-refractivity contribution in [2.75, 3.05) is 6.61 Å². The Hall–Kier alpha value is -3.72. The maximum atomic E-state index is 12.4. The number of ether oxygens (including phenoxy) is 1. The van der Waals surface area contributed by atoms with Gasteiger partial charge in [-0.2, -0.15) is 0 Å². The van der Waals surface area contributed by atoms with E-state index in [9.17, 15) is 19.5 Å². The summed E-state index contributed by atoms with van der Waals surface area (Å²) >= 11 is 1.21. The monoisotopic (exact) mass is 493 g/mol. The number of hydrogen-bond acceptors (Lipinski definition) is 6. The molecule has 182 valence electrons. The highest BCUT2D eigenvalue weighted by Gasteiger charge is 2.29. The molecule has 0 aliphatic heterocycles. The number of hydrogen-bond donors (Lipinski definition) is 3. The van der Waals surface area contributed by atoms with Crippen LogP contribution in [0.2, 0.25) is 0 Å². The number of unbranched alkanes of at least 4 members (excludes halogenated alkanes) is 1. The molecule has 4 rings (SSSR count). The molecule has 1 aliphatic rings. The van der Waals surface area contributed by atoms with Crippen LogP contribution in [0.15, 0.2) is 53.9 Å². The highest BCUT2D eigenvalue weighted by Crippen LogP contribution is 2.44. The molecule has 0 fully saturated rings. The van der Waals surface area contributed by atoms with Crippen LogP contribution in [0, 0.1) is 0 Å². The van der Waals surface area contributed by atoms with Gasteiger partial charge < -0.3 is 20.5 Å². The van der Waals surface area contributed by atoms with Gasteiger partial charge >= 0.3 is 12.1 Å². The number of benzene rings is 2. The molecule has 1 aliphatic carbocycles. The molecule has 2 amide bonds. The predicted octanol–water partition coefficient (Wildman–Crippen LogP) is 4.56. The summed E-state index contributed by atoms with van der Waals surface area (Å²) in [5.41, 5.74) is 4.71. The number of aliphatic carboxylic acids is 1. The van der Waals surface area contributed by atoms with Gasteiger partial charge in [-0.25, -0.2) is 14.6 Å². The van der Waals surface area contributed by atoms with Crippen molar-refractivity contribution in [2.45, 2.75) is 44.7 Å². The summed E-state index contributed by atoms with van der Waals surface area (Å²) in [6.45, 7) is 2.27. The van der Waals surface area contributed by atoms with Crippen LogP contribution in [-0.4, -0.2) is 40.7 Å². The molecular weight excluding hydrogens is 466 g/mol. The van der Waals surface area contributed by atoms with Gasteiger partial charge in [-0.15, -0.1) is 11.3 Å². The summed E-state index contributed by atoms with van der Waals surface area (Å²) in [7, 11) is 0. The fourth-order valence-electron chi connectivity index (χ4n) is 4.19. The number of carboxylic acid groups (broad SMARTS) is 1. The second-order valence-corrected chi connectivity index (χ2v) is 9.25. The first-order valence-electron chi connectivity index (χ1n) is 11.5. The van der Waals surface area contributed by atoms with Crippen LogP contribution < -0.4 is 10.6 Å². The molecule has 2 aromatic carbocycles. The molecule has 35 heavy (non-hydrogen) atoms. The number of fused-ring (bicyclic) bond motifs is 3. The van der Waals surface area contributed by atoms with Gasteiger partial charge in [-0.05, 0) is 28.7 Å². The van der Waals surface area contributed by atoms with E-state index in [-0.39, 0.29) is 24.8 Å². The second kappa shape index (κ2) is 11.1. The summed E-state index contributed by atoms with van der Waals surface area (Å²) in [6, 6.07) is 15.3. The lowest BCUT2D eigenvalue weighted by Gasteiger charge is -2.14. The Bertz CT molecular complexity index is 1180. The van der Waals surface area contributed by atoms with E-state index in [1.807, 2.05) is 31.2 Å². The molecule has 1 atom stereocenters. The number of nitrogens with one attached hydrogen (secondary N) is 2. The largest absolute Gasteiger partial charge is 0.480 e. The molecule has 3 aromatic rings. The van der Waals surface area contributed by atoms with Gasteiger partial charge in [0.15, 0.2) is 0 Å². The summed E-state index contributed by atoms with van der Waals surface area (Å²) in [5.74, 6) is -1.64. The molecule has 3 N–H and O–H groups in total. The van der Waals surface area contributed by atoms with Gasteiger partial charge in [0.25, 0.3) is 5.91 Å². The SMILES string of the molecule is CCCCC(NC(=O)c1csc(CNC(=O)OCC2c3ccccc3-c3ccccc32)n1)C(=O)O. The fraction of sp³-hybridized carbons (Fsp3) is 0.308. The highest BCUT2D eigenvalue weighted by molar-refractivity contribution is 7.09. The van der Waals surface area contributed by atoms with E-state index in [4.69, 9.17) is 4.74 Å². The fourth-order valence-corrected chi connectivity index (χ4v) is 4.91. The van der Waals surface area contributed by atoms with Gasteiger partial charge in [0.05, 0.1) is 6.54 Å². The maximum absolute atomic E-state index is 12.4. The molecule has 0 bridgehead atoms. The zero-order chi connectivity index (χ0) is 24.8. The smallest absolute Gasteiger partial charge is 0.407 e. The Morgan fingerprint density at radius 1 is 1.09 bits per heavy atom.